The molecule has 1 amide bonds. The van der Waals surface area contributed by atoms with Crippen molar-refractivity contribution in [3.05, 3.63) is 65.2 Å². The molecule has 0 unspecified atom stereocenters. The molecule has 4 rings (SSSR count). The Morgan fingerprint density at radius 3 is 2.62 bits per heavy atom. The highest BCUT2D eigenvalue weighted by Gasteiger charge is 2.35. The number of nitrogens with zero attached hydrogens (tertiary/aromatic N) is 4. The summed E-state index contributed by atoms with van der Waals surface area (Å²) in [4.78, 5) is 12.7. The average molecular weight is 392 g/mol. The summed E-state index contributed by atoms with van der Waals surface area (Å²) < 4.78 is 3.90. The highest BCUT2D eigenvalue weighted by atomic mass is 16.1. The minimum Gasteiger partial charge on any atom is -0.349 e. The van der Waals surface area contributed by atoms with Crippen molar-refractivity contribution in [3.8, 4) is 5.69 Å². The lowest BCUT2D eigenvalue weighted by molar-refractivity contribution is -0.122. The van der Waals surface area contributed by atoms with Gasteiger partial charge in [0.15, 0.2) is 0 Å². The van der Waals surface area contributed by atoms with Crippen molar-refractivity contribution >= 4 is 5.91 Å². The summed E-state index contributed by atoms with van der Waals surface area (Å²) in [6, 6.07) is 10.3. The summed E-state index contributed by atoms with van der Waals surface area (Å²) >= 11 is 0. The number of benzene rings is 1. The largest absolute Gasteiger partial charge is 0.349 e. The van der Waals surface area contributed by atoms with Gasteiger partial charge in [-0.15, -0.1) is 0 Å². The highest BCUT2D eigenvalue weighted by molar-refractivity contribution is 5.76. The molecular weight excluding hydrogens is 362 g/mol. The first-order valence-electron chi connectivity index (χ1n) is 10.2. The van der Waals surface area contributed by atoms with E-state index in [1.165, 1.54) is 11.3 Å². The van der Waals surface area contributed by atoms with Crippen LogP contribution in [0.3, 0.4) is 0 Å². The van der Waals surface area contributed by atoms with Crippen LogP contribution in [0, 0.1) is 19.3 Å². The van der Waals surface area contributed by atoms with Crippen molar-refractivity contribution in [1.82, 2.24) is 24.9 Å². The monoisotopic (exact) mass is 391 g/mol. The normalized spacial score (nSPS) is 17.7. The van der Waals surface area contributed by atoms with Crippen LogP contribution >= 0.6 is 0 Å². The fourth-order valence-corrected chi connectivity index (χ4v) is 4.19. The predicted octanol–water partition coefficient (Wildman–Crippen LogP) is 3.91. The Bertz CT molecular complexity index is 1010. The van der Waals surface area contributed by atoms with Crippen LogP contribution < -0.4 is 5.32 Å². The molecule has 1 atom stereocenters. The molecule has 3 aromatic rings. The zero-order valence-electron chi connectivity index (χ0n) is 17.6. The van der Waals surface area contributed by atoms with E-state index in [4.69, 9.17) is 0 Å². The molecule has 0 saturated carbocycles. The maximum Gasteiger partial charge on any atom is 0.222 e. The quantitative estimate of drug-likeness (QED) is 0.717. The standard InChI is InChI=1S/C23H29N5O/c1-16-5-7-18(8-6-16)28-21-14-23(3,4)13-20(19(21)15-25-28)26-22(29)10-12-27-17(2)9-11-24-27/h5-9,11,15,20H,10,12-14H2,1-4H3,(H,26,29)/t20-/m1/s1. The van der Waals surface area contributed by atoms with E-state index in [2.05, 4.69) is 60.6 Å². The Kier molecular flexibility index (Phi) is 5.03. The molecule has 0 saturated heterocycles. The van der Waals surface area contributed by atoms with Crippen molar-refractivity contribution in [2.24, 2.45) is 5.41 Å². The third-order valence-corrected chi connectivity index (χ3v) is 5.77. The van der Waals surface area contributed by atoms with Gasteiger partial charge in [-0.25, -0.2) is 4.68 Å². The molecule has 152 valence electrons. The molecule has 2 aromatic heterocycles. The average Bonchev–Trinajstić information content (AvgIpc) is 3.26. The van der Waals surface area contributed by atoms with Gasteiger partial charge >= 0.3 is 0 Å². The summed E-state index contributed by atoms with van der Waals surface area (Å²) in [6.07, 6.45) is 5.96. The second kappa shape index (κ2) is 7.50. The lowest BCUT2D eigenvalue weighted by atomic mass is 9.74. The minimum atomic E-state index is -0.0147. The van der Waals surface area contributed by atoms with Gasteiger partial charge in [-0.3, -0.25) is 9.48 Å². The van der Waals surface area contributed by atoms with Crippen molar-refractivity contribution in [2.45, 2.75) is 59.5 Å². The molecular formula is C23H29N5O. The molecule has 1 aromatic carbocycles. The van der Waals surface area contributed by atoms with Crippen LogP contribution in [-0.2, 0) is 17.8 Å². The van der Waals surface area contributed by atoms with Gasteiger partial charge in [0.1, 0.15) is 0 Å². The molecule has 0 spiro atoms. The first kappa shape index (κ1) is 19.4. The Hall–Kier alpha value is -2.89. The Morgan fingerprint density at radius 1 is 1.17 bits per heavy atom. The van der Waals surface area contributed by atoms with Gasteiger partial charge in [-0.05, 0) is 50.3 Å². The molecule has 1 aliphatic rings. The van der Waals surface area contributed by atoms with Crippen molar-refractivity contribution < 1.29 is 4.79 Å². The van der Waals surface area contributed by atoms with E-state index in [9.17, 15) is 4.79 Å². The molecule has 6 nitrogen and oxygen atoms in total. The number of rotatable bonds is 5. The van der Waals surface area contributed by atoms with Crippen LogP contribution in [0.2, 0.25) is 0 Å². The Labute approximate surface area is 171 Å². The Morgan fingerprint density at radius 2 is 1.93 bits per heavy atom. The minimum absolute atomic E-state index is 0.0147. The molecule has 29 heavy (non-hydrogen) atoms. The molecule has 0 radical (unpaired) electrons. The molecule has 0 bridgehead atoms. The highest BCUT2D eigenvalue weighted by Crippen LogP contribution is 2.41. The number of carbonyl (C=O) groups excluding carboxylic acids is 1. The third kappa shape index (κ3) is 4.11. The van der Waals surface area contributed by atoms with E-state index in [1.807, 2.05) is 28.6 Å². The van der Waals surface area contributed by atoms with Crippen LogP contribution in [0.15, 0.2) is 42.7 Å². The number of hydrogen-bond donors (Lipinski definition) is 1. The van der Waals surface area contributed by atoms with Gasteiger partial charge in [-0.1, -0.05) is 31.5 Å². The smallest absolute Gasteiger partial charge is 0.222 e. The lowest BCUT2D eigenvalue weighted by Crippen LogP contribution is -2.37. The van der Waals surface area contributed by atoms with Crippen molar-refractivity contribution in [3.63, 3.8) is 0 Å². The SMILES string of the molecule is Cc1ccc(-n2ncc3c2CC(C)(C)C[C@H]3NC(=O)CCn2nccc2C)cc1. The zero-order valence-corrected chi connectivity index (χ0v) is 17.6. The number of aromatic nitrogens is 4. The van der Waals surface area contributed by atoms with Crippen LogP contribution in [0.5, 0.6) is 0 Å². The van der Waals surface area contributed by atoms with E-state index in [-0.39, 0.29) is 17.4 Å². The number of carbonyl (C=O) groups is 1. The van der Waals surface area contributed by atoms with Gasteiger partial charge in [0.05, 0.1) is 23.6 Å². The number of nitrogens with one attached hydrogen (secondary N) is 1. The fourth-order valence-electron chi connectivity index (χ4n) is 4.19. The first-order chi connectivity index (χ1) is 13.8. The van der Waals surface area contributed by atoms with Gasteiger partial charge in [0.2, 0.25) is 5.91 Å². The summed E-state index contributed by atoms with van der Waals surface area (Å²) in [5.41, 5.74) is 5.78. The van der Waals surface area contributed by atoms with E-state index in [0.29, 0.717) is 13.0 Å². The number of aryl methyl sites for hydroxylation is 3. The molecule has 2 heterocycles. The van der Waals surface area contributed by atoms with Crippen LogP contribution in [0.25, 0.3) is 5.69 Å². The van der Waals surface area contributed by atoms with Crippen molar-refractivity contribution in [2.75, 3.05) is 0 Å². The second-order valence-electron chi connectivity index (χ2n) is 8.90. The third-order valence-electron chi connectivity index (χ3n) is 5.77. The summed E-state index contributed by atoms with van der Waals surface area (Å²) in [5.74, 6) is 0.0524. The topological polar surface area (TPSA) is 64.7 Å². The number of hydrogen-bond acceptors (Lipinski definition) is 3. The summed E-state index contributed by atoms with van der Waals surface area (Å²) in [6.45, 7) is 9.20. The summed E-state index contributed by atoms with van der Waals surface area (Å²) in [7, 11) is 0. The van der Waals surface area contributed by atoms with E-state index in [0.717, 1.165) is 29.8 Å². The van der Waals surface area contributed by atoms with Gasteiger partial charge in [0, 0.05) is 30.4 Å². The van der Waals surface area contributed by atoms with Gasteiger partial charge in [-0.2, -0.15) is 10.2 Å². The van der Waals surface area contributed by atoms with E-state index in [1.54, 1.807) is 6.20 Å². The zero-order chi connectivity index (χ0) is 20.6. The predicted molar refractivity (Wildman–Crippen MR) is 113 cm³/mol. The maximum absolute atomic E-state index is 12.7. The van der Waals surface area contributed by atoms with Crippen LogP contribution in [0.4, 0.5) is 0 Å². The second-order valence-corrected chi connectivity index (χ2v) is 8.90. The number of fused-ring (bicyclic) bond motifs is 1. The van der Waals surface area contributed by atoms with Crippen LogP contribution in [-0.4, -0.2) is 25.5 Å². The molecule has 6 heteroatoms. The van der Waals surface area contributed by atoms with Gasteiger partial charge < -0.3 is 5.32 Å². The first-order valence-corrected chi connectivity index (χ1v) is 10.2. The number of amides is 1. The van der Waals surface area contributed by atoms with E-state index >= 15 is 0 Å². The maximum atomic E-state index is 12.7. The van der Waals surface area contributed by atoms with Gasteiger partial charge in [0.25, 0.3) is 0 Å². The Balaban J connectivity index is 1.54. The molecule has 0 fully saturated rings. The van der Waals surface area contributed by atoms with Crippen LogP contribution in [0.1, 0.15) is 55.2 Å². The molecule has 0 aliphatic heterocycles. The summed E-state index contributed by atoms with van der Waals surface area (Å²) in [5, 5.41) is 12.2. The molecule has 1 aliphatic carbocycles. The molecule has 1 N–H and O–H groups in total. The van der Waals surface area contributed by atoms with E-state index < -0.39 is 0 Å². The lowest BCUT2D eigenvalue weighted by Gasteiger charge is -2.36. The fraction of sp³-hybridized carbons (Fsp3) is 0.435. The van der Waals surface area contributed by atoms with Crippen molar-refractivity contribution in [1.29, 1.82) is 0 Å².